The van der Waals surface area contributed by atoms with Gasteiger partial charge in [-0.15, -0.1) is 0 Å². The molecule has 0 heterocycles. The molecule has 2 amide bonds. The molecule has 0 aliphatic heterocycles. The summed E-state index contributed by atoms with van der Waals surface area (Å²) in [7, 11) is -1.19. The van der Waals surface area contributed by atoms with Crippen molar-refractivity contribution >= 4 is 39.1 Å². The number of halogens is 1. The van der Waals surface area contributed by atoms with Gasteiger partial charge in [0.25, 0.3) is 10.0 Å². The number of amides is 2. The summed E-state index contributed by atoms with van der Waals surface area (Å²) in [5.41, 5.74) is 1.19. The van der Waals surface area contributed by atoms with E-state index < -0.39 is 28.5 Å². The first kappa shape index (κ1) is 29.0. The summed E-state index contributed by atoms with van der Waals surface area (Å²) in [6.07, 6.45) is 0.861. The number of benzene rings is 3. The molecule has 3 aromatic rings. The van der Waals surface area contributed by atoms with Crippen molar-refractivity contribution in [1.82, 2.24) is 10.2 Å². The van der Waals surface area contributed by atoms with E-state index in [1.54, 1.807) is 24.3 Å². The highest BCUT2D eigenvalue weighted by atomic mass is 35.5. The predicted molar refractivity (Wildman–Crippen MR) is 149 cm³/mol. The molecule has 0 bridgehead atoms. The maximum absolute atomic E-state index is 13.8. The Bertz CT molecular complexity index is 1340. The van der Waals surface area contributed by atoms with Crippen molar-refractivity contribution in [2.75, 3.05) is 31.6 Å². The summed E-state index contributed by atoms with van der Waals surface area (Å²) in [6.45, 7) is 1.52. The molecule has 38 heavy (non-hydrogen) atoms. The molecule has 0 radical (unpaired) electrons. The Morgan fingerprint density at radius 2 is 1.63 bits per heavy atom. The van der Waals surface area contributed by atoms with Crippen molar-refractivity contribution in [3.63, 3.8) is 0 Å². The molecule has 0 fully saturated rings. The Hall–Kier alpha value is -3.56. The summed E-state index contributed by atoms with van der Waals surface area (Å²) in [4.78, 5) is 28.0. The first-order chi connectivity index (χ1) is 18.2. The minimum Gasteiger partial charge on any atom is -0.495 e. The normalized spacial score (nSPS) is 11.9. The highest BCUT2D eigenvalue weighted by Gasteiger charge is 2.33. The van der Waals surface area contributed by atoms with E-state index in [-0.39, 0.29) is 28.1 Å². The van der Waals surface area contributed by atoms with Crippen LogP contribution in [0.15, 0.2) is 83.8 Å². The number of ether oxygens (including phenoxy) is 1. The van der Waals surface area contributed by atoms with E-state index in [0.29, 0.717) is 18.6 Å². The Morgan fingerprint density at radius 3 is 2.18 bits per heavy atom. The number of nitrogens with zero attached hydrogens (tertiary/aromatic N) is 2. The van der Waals surface area contributed by atoms with Crippen LogP contribution in [0.1, 0.15) is 18.9 Å². The van der Waals surface area contributed by atoms with Crippen molar-refractivity contribution in [3.05, 3.63) is 89.4 Å². The molecule has 0 saturated carbocycles. The van der Waals surface area contributed by atoms with Crippen LogP contribution in [0.25, 0.3) is 0 Å². The number of methoxy groups -OCH3 is 1. The predicted octanol–water partition coefficient (Wildman–Crippen LogP) is 4.14. The first-order valence-corrected chi connectivity index (χ1v) is 14.0. The lowest BCUT2D eigenvalue weighted by atomic mass is 10.1. The summed E-state index contributed by atoms with van der Waals surface area (Å²) in [5, 5.41) is 2.81. The lowest BCUT2D eigenvalue weighted by Crippen LogP contribution is -2.52. The van der Waals surface area contributed by atoms with Gasteiger partial charge >= 0.3 is 0 Å². The number of likely N-dealkylation sites (N-methyl/N-ethyl adjacent to an activating group) is 1. The molecule has 1 atom stereocenters. The molecule has 0 saturated heterocycles. The minimum atomic E-state index is -4.16. The number of hydrogen-bond donors (Lipinski definition) is 1. The largest absolute Gasteiger partial charge is 0.495 e. The third-order valence-electron chi connectivity index (χ3n) is 6.15. The molecule has 3 rings (SSSR count). The van der Waals surface area contributed by atoms with Gasteiger partial charge in [-0.2, -0.15) is 0 Å². The molecule has 1 N–H and O–H groups in total. The number of sulfonamides is 1. The van der Waals surface area contributed by atoms with Crippen LogP contribution < -0.4 is 14.4 Å². The molecule has 10 heteroatoms. The Kier molecular flexibility index (Phi) is 10.2. The molecule has 0 spiro atoms. The number of anilines is 1. The molecule has 0 unspecified atom stereocenters. The van der Waals surface area contributed by atoms with Gasteiger partial charge in [0.15, 0.2) is 0 Å². The van der Waals surface area contributed by atoms with Gasteiger partial charge in [0.05, 0.1) is 22.7 Å². The summed E-state index contributed by atoms with van der Waals surface area (Å²) < 4.78 is 33.8. The van der Waals surface area contributed by atoms with Gasteiger partial charge in [0, 0.05) is 13.6 Å². The summed E-state index contributed by atoms with van der Waals surface area (Å²) in [5.74, 6) is -0.462. The zero-order chi connectivity index (χ0) is 27.7. The van der Waals surface area contributed by atoms with E-state index in [9.17, 15) is 18.0 Å². The van der Waals surface area contributed by atoms with Crippen LogP contribution in [0.4, 0.5) is 5.69 Å². The van der Waals surface area contributed by atoms with Crippen LogP contribution in [-0.4, -0.2) is 58.4 Å². The highest BCUT2D eigenvalue weighted by molar-refractivity contribution is 7.92. The van der Waals surface area contributed by atoms with Crippen molar-refractivity contribution < 1.29 is 22.7 Å². The van der Waals surface area contributed by atoms with Gasteiger partial charge < -0.3 is 15.0 Å². The fraction of sp³-hybridized carbons (Fsp3) is 0.286. The van der Waals surface area contributed by atoms with Crippen LogP contribution in [0.2, 0.25) is 5.02 Å². The van der Waals surface area contributed by atoms with Crippen LogP contribution >= 0.6 is 11.6 Å². The molecule has 8 nitrogen and oxygen atoms in total. The number of carbonyl (C=O) groups is 2. The fourth-order valence-corrected chi connectivity index (χ4v) is 5.80. The van der Waals surface area contributed by atoms with Gasteiger partial charge in [0.1, 0.15) is 18.3 Å². The molecular formula is C28H32ClN3O5S. The van der Waals surface area contributed by atoms with E-state index in [0.717, 1.165) is 9.87 Å². The number of rotatable bonds is 12. The van der Waals surface area contributed by atoms with Gasteiger partial charge in [-0.3, -0.25) is 13.9 Å². The van der Waals surface area contributed by atoms with E-state index in [2.05, 4.69) is 5.32 Å². The second-order valence-electron chi connectivity index (χ2n) is 8.50. The third kappa shape index (κ3) is 6.85. The van der Waals surface area contributed by atoms with Gasteiger partial charge in [-0.1, -0.05) is 67.1 Å². The van der Waals surface area contributed by atoms with E-state index in [4.69, 9.17) is 16.3 Å². The van der Waals surface area contributed by atoms with Gasteiger partial charge in [0.2, 0.25) is 11.8 Å². The monoisotopic (exact) mass is 557 g/mol. The summed E-state index contributed by atoms with van der Waals surface area (Å²) in [6, 6.07) is 21.2. The van der Waals surface area contributed by atoms with Crippen LogP contribution in [0.5, 0.6) is 5.75 Å². The van der Waals surface area contributed by atoms with E-state index in [1.165, 1.54) is 43.3 Å². The number of nitrogens with one attached hydrogen (secondary N) is 1. The van der Waals surface area contributed by atoms with E-state index >= 15 is 0 Å². The third-order valence-corrected chi connectivity index (χ3v) is 8.23. The minimum absolute atomic E-state index is 0.0221. The second-order valence-corrected chi connectivity index (χ2v) is 10.8. The fourth-order valence-electron chi connectivity index (χ4n) is 4.12. The van der Waals surface area contributed by atoms with Crippen LogP contribution in [-0.2, 0) is 26.0 Å². The standard InChI is InChI=1S/C28H32ClN3O5S/c1-4-25(28(34)30-2)31(18-17-21-11-7-5-8-12-21)27(33)20-32(22-15-16-26(37-3)24(29)19-22)38(35,36)23-13-9-6-10-14-23/h5-16,19,25H,4,17-18,20H2,1-3H3,(H,30,34)/t25-/m1/s1. The van der Waals surface area contributed by atoms with Crippen molar-refractivity contribution in [3.8, 4) is 5.75 Å². The highest BCUT2D eigenvalue weighted by Crippen LogP contribution is 2.32. The van der Waals surface area contributed by atoms with Crippen molar-refractivity contribution in [2.45, 2.75) is 30.7 Å². The first-order valence-electron chi connectivity index (χ1n) is 12.2. The van der Waals surface area contributed by atoms with E-state index in [1.807, 2.05) is 37.3 Å². The Morgan fingerprint density at radius 1 is 1.00 bits per heavy atom. The lowest BCUT2D eigenvalue weighted by molar-refractivity contribution is -0.139. The molecular weight excluding hydrogens is 526 g/mol. The SMILES string of the molecule is CC[C@H](C(=O)NC)N(CCc1ccccc1)C(=O)CN(c1ccc(OC)c(Cl)c1)S(=O)(=O)c1ccccc1. The Labute approximate surface area is 229 Å². The van der Waals surface area contributed by atoms with Crippen molar-refractivity contribution in [2.24, 2.45) is 0 Å². The maximum atomic E-state index is 13.8. The zero-order valence-corrected chi connectivity index (χ0v) is 23.2. The van der Waals surface area contributed by atoms with Gasteiger partial charge in [-0.25, -0.2) is 8.42 Å². The average Bonchev–Trinajstić information content (AvgIpc) is 2.94. The quantitative estimate of drug-likeness (QED) is 0.361. The lowest BCUT2D eigenvalue weighted by Gasteiger charge is -2.33. The maximum Gasteiger partial charge on any atom is 0.264 e. The number of hydrogen-bond acceptors (Lipinski definition) is 5. The smallest absolute Gasteiger partial charge is 0.264 e. The second kappa shape index (κ2) is 13.3. The number of carbonyl (C=O) groups excluding carboxylic acids is 2. The molecule has 3 aromatic carbocycles. The summed E-state index contributed by atoms with van der Waals surface area (Å²) >= 11 is 6.32. The average molecular weight is 558 g/mol. The zero-order valence-electron chi connectivity index (χ0n) is 21.6. The van der Waals surface area contributed by atoms with Crippen molar-refractivity contribution in [1.29, 1.82) is 0 Å². The molecule has 202 valence electrons. The van der Waals surface area contributed by atoms with Crippen LogP contribution in [0, 0.1) is 0 Å². The van der Waals surface area contributed by atoms with Gasteiger partial charge in [-0.05, 0) is 48.7 Å². The molecule has 0 aliphatic rings. The Balaban J connectivity index is 2.02. The molecule has 0 aliphatic carbocycles. The molecule has 0 aromatic heterocycles. The van der Waals surface area contributed by atoms with Crippen LogP contribution in [0.3, 0.4) is 0 Å². The topological polar surface area (TPSA) is 96.0 Å².